The van der Waals surface area contributed by atoms with Crippen molar-refractivity contribution in [3.8, 4) is 11.6 Å². The van der Waals surface area contributed by atoms with Gasteiger partial charge in [-0.3, -0.25) is 4.98 Å². The molecule has 5 nitrogen and oxygen atoms in total. The predicted octanol–water partition coefficient (Wildman–Crippen LogP) is 2.45. The van der Waals surface area contributed by atoms with E-state index in [0.717, 1.165) is 10.9 Å². The summed E-state index contributed by atoms with van der Waals surface area (Å²) in [6.07, 6.45) is 4.75. The van der Waals surface area contributed by atoms with Gasteiger partial charge >= 0.3 is 0 Å². The zero-order valence-corrected chi connectivity index (χ0v) is 11.2. The van der Waals surface area contributed by atoms with Crippen LogP contribution >= 0.6 is 12.2 Å². The Morgan fingerprint density at radius 3 is 2.65 bits per heavy atom. The second-order valence-electron chi connectivity index (χ2n) is 4.01. The summed E-state index contributed by atoms with van der Waals surface area (Å²) in [7, 11) is 0. The number of benzene rings is 1. The minimum atomic E-state index is 0.140. The molecular weight excluding hydrogens is 272 g/mol. The normalized spacial score (nSPS) is 10.4. The van der Waals surface area contributed by atoms with Crippen LogP contribution in [0, 0.1) is 0 Å². The fourth-order valence-electron chi connectivity index (χ4n) is 1.83. The molecule has 20 heavy (non-hydrogen) atoms. The Labute approximate surface area is 120 Å². The number of hydrogen-bond acceptors (Lipinski definition) is 5. The molecule has 2 aromatic heterocycles. The van der Waals surface area contributed by atoms with Crippen molar-refractivity contribution >= 4 is 28.1 Å². The molecule has 2 heterocycles. The summed E-state index contributed by atoms with van der Waals surface area (Å²) in [6, 6.07) is 9.49. The minimum absolute atomic E-state index is 0.140. The highest BCUT2D eigenvalue weighted by molar-refractivity contribution is 7.80. The molecule has 0 bridgehead atoms. The molecule has 6 heteroatoms. The molecule has 0 amide bonds. The van der Waals surface area contributed by atoms with Crippen LogP contribution in [0.1, 0.15) is 5.69 Å². The minimum Gasteiger partial charge on any atom is -0.435 e. The largest absolute Gasteiger partial charge is 0.435 e. The van der Waals surface area contributed by atoms with E-state index in [1.54, 1.807) is 6.20 Å². The SMILES string of the molecule is NC(=S)c1nccnc1Oc1cccc2cccnc12. The molecular formula is C14H10N4OS. The van der Waals surface area contributed by atoms with Gasteiger partial charge in [-0.1, -0.05) is 30.4 Å². The Morgan fingerprint density at radius 2 is 1.80 bits per heavy atom. The maximum Gasteiger partial charge on any atom is 0.248 e. The number of thiocarbonyl (C=S) groups is 1. The summed E-state index contributed by atoms with van der Waals surface area (Å²) in [6.45, 7) is 0. The highest BCUT2D eigenvalue weighted by Gasteiger charge is 2.12. The molecule has 3 aromatic rings. The van der Waals surface area contributed by atoms with Gasteiger partial charge < -0.3 is 10.5 Å². The number of nitrogens with zero attached hydrogens (tertiary/aromatic N) is 3. The zero-order valence-electron chi connectivity index (χ0n) is 10.4. The third-order valence-electron chi connectivity index (χ3n) is 2.70. The molecule has 0 spiro atoms. The third kappa shape index (κ3) is 2.28. The van der Waals surface area contributed by atoms with Crippen LogP contribution in [0.2, 0.25) is 0 Å². The van der Waals surface area contributed by atoms with Gasteiger partial charge in [0.2, 0.25) is 5.88 Å². The number of para-hydroxylation sites is 1. The molecule has 2 N–H and O–H groups in total. The average Bonchev–Trinajstić information content (AvgIpc) is 2.48. The van der Waals surface area contributed by atoms with Crippen molar-refractivity contribution in [2.45, 2.75) is 0 Å². The third-order valence-corrected chi connectivity index (χ3v) is 2.89. The second kappa shape index (κ2) is 5.18. The Morgan fingerprint density at radius 1 is 1.00 bits per heavy atom. The van der Waals surface area contributed by atoms with E-state index >= 15 is 0 Å². The number of nitrogens with two attached hydrogens (primary N) is 1. The molecule has 0 radical (unpaired) electrons. The van der Waals surface area contributed by atoms with Crippen LogP contribution in [0.3, 0.4) is 0 Å². The Hall–Kier alpha value is -2.60. The molecule has 1 aromatic carbocycles. The summed E-state index contributed by atoms with van der Waals surface area (Å²) in [5.74, 6) is 0.860. The predicted molar refractivity (Wildman–Crippen MR) is 79.7 cm³/mol. The zero-order chi connectivity index (χ0) is 13.9. The summed E-state index contributed by atoms with van der Waals surface area (Å²) in [4.78, 5) is 12.7. The number of fused-ring (bicyclic) bond motifs is 1. The fraction of sp³-hybridized carbons (Fsp3) is 0. The Bertz CT molecular complexity index is 785. The van der Waals surface area contributed by atoms with Crippen molar-refractivity contribution in [2.75, 3.05) is 0 Å². The lowest BCUT2D eigenvalue weighted by molar-refractivity contribution is 0.463. The quantitative estimate of drug-likeness (QED) is 0.744. The van der Waals surface area contributed by atoms with Crippen molar-refractivity contribution in [3.63, 3.8) is 0 Å². The van der Waals surface area contributed by atoms with Gasteiger partial charge in [0, 0.05) is 24.0 Å². The lowest BCUT2D eigenvalue weighted by Crippen LogP contribution is -2.13. The number of rotatable bonds is 3. The summed E-state index contributed by atoms with van der Waals surface area (Å²) >= 11 is 4.94. The van der Waals surface area contributed by atoms with Crippen molar-refractivity contribution in [1.29, 1.82) is 0 Å². The standard InChI is InChI=1S/C14H10N4OS/c15-13(20)12-14(18-8-7-17-12)19-10-5-1-3-9-4-2-6-16-11(9)10/h1-8H,(H2,15,20). The van der Waals surface area contributed by atoms with Crippen LogP contribution in [0.25, 0.3) is 10.9 Å². The Balaban J connectivity index is 2.08. The van der Waals surface area contributed by atoms with Crippen molar-refractivity contribution < 1.29 is 4.74 Å². The molecule has 0 aliphatic carbocycles. The van der Waals surface area contributed by atoms with Crippen LogP contribution < -0.4 is 10.5 Å². The molecule has 0 atom stereocenters. The van der Waals surface area contributed by atoms with E-state index < -0.39 is 0 Å². The maximum atomic E-state index is 5.78. The maximum absolute atomic E-state index is 5.78. The van der Waals surface area contributed by atoms with Gasteiger partial charge in [0.1, 0.15) is 10.5 Å². The van der Waals surface area contributed by atoms with E-state index in [4.69, 9.17) is 22.7 Å². The Kier molecular flexibility index (Phi) is 3.22. The number of aromatic nitrogens is 3. The fourth-order valence-corrected chi connectivity index (χ4v) is 1.97. The van der Waals surface area contributed by atoms with Crippen LogP contribution in [0.5, 0.6) is 11.6 Å². The van der Waals surface area contributed by atoms with Crippen LogP contribution in [0.15, 0.2) is 48.9 Å². The molecule has 0 aliphatic heterocycles. The molecule has 3 rings (SSSR count). The topological polar surface area (TPSA) is 73.9 Å². The summed E-state index contributed by atoms with van der Waals surface area (Å²) in [5, 5.41) is 0.978. The van der Waals surface area contributed by atoms with Gasteiger partial charge in [-0.05, 0) is 12.1 Å². The lowest BCUT2D eigenvalue weighted by atomic mass is 10.2. The highest BCUT2D eigenvalue weighted by atomic mass is 32.1. The highest BCUT2D eigenvalue weighted by Crippen LogP contribution is 2.28. The van der Waals surface area contributed by atoms with Crippen LogP contribution in [-0.2, 0) is 0 Å². The van der Waals surface area contributed by atoms with E-state index in [-0.39, 0.29) is 10.9 Å². The van der Waals surface area contributed by atoms with Gasteiger partial charge in [-0.2, -0.15) is 0 Å². The molecule has 0 fully saturated rings. The smallest absolute Gasteiger partial charge is 0.248 e. The summed E-state index contributed by atoms with van der Waals surface area (Å²) < 4.78 is 5.78. The average molecular weight is 282 g/mol. The van der Waals surface area contributed by atoms with E-state index in [1.165, 1.54) is 12.4 Å². The van der Waals surface area contributed by atoms with E-state index in [1.807, 2.05) is 30.3 Å². The van der Waals surface area contributed by atoms with Crippen LogP contribution in [0.4, 0.5) is 0 Å². The van der Waals surface area contributed by atoms with Gasteiger partial charge in [-0.15, -0.1) is 0 Å². The molecule has 0 saturated heterocycles. The first-order valence-electron chi connectivity index (χ1n) is 5.88. The van der Waals surface area contributed by atoms with Crippen LogP contribution in [-0.4, -0.2) is 19.9 Å². The van der Waals surface area contributed by atoms with Gasteiger partial charge in [0.25, 0.3) is 0 Å². The van der Waals surface area contributed by atoms with Crippen molar-refractivity contribution in [2.24, 2.45) is 5.73 Å². The van der Waals surface area contributed by atoms with Crippen molar-refractivity contribution in [3.05, 3.63) is 54.6 Å². The van der Waals surface area contributed by atoms with Gasteiger partial charge in [-0.25, -0.2) is 9.97 Å². The summed E-state index contributed by atoms with van der Waals surface area (Å²) in [5.41, 5.74) is 6.72. The number of hydrogen-bond donors (Lipinski definition) is 1. The van der Waals surface area contributed by atoms with Crippen molar-refractivity contribution in [1.82, 2.24) is 15.0 Å². The van der Waals surface area contributed by atoms with E-state index in [2.05, 4.69) is 15.0 Å². The molecule has 0 aliphatic rings. The lowest BCUT2D eigenvalue weighted by Gasteiger charge is -2.09. The number of pyridine rings is 1. The number of ether oxygens (including phenoxy) is 1. The molecule has 0 unspecified atom stereocenters. The van der Waals surface area contributed by atoms with Gasteiger partial charge in [0.15, 0.2) is 11.4 Å². The molecule has 0 saturated carbocycles. The molecule has 98 valence electrons. The monoisotopic (exact) mass is 282 g/mol. The van der Waals surface area contributed by atoms with Gasteiger partial charge in [0.05, 0.1) is 0 Å². The first kappa shape index (κ1) is 12.4. The first-order chi connectivity index (χ1) is 9.75. The van der Waals surface area contributed by atoms with E-state index in [9.17, 15) is 0 Å². The second-order valence-corrected chi connectivity index (χ2v) is 4.45. The van der Waals surface area contributed by atoms with E-state index in [0.29, 0.717) is 11.4 Å². The first-order valence-corrected chi connectivity index (χ1v) is 6.29.